The van der Waals surface area contributed by atoms with Crippen molar-refractivity contribution in [2.24, 2.45) is 5.92 Å². The molecular weight excluding hydrogens is 236 g/mol. The maximum absolute atomic E-state index is 11.9. The van der Waals surface area contributed by atoms with Gasteiger partial charge in [0.15, 0.2) is 0 Å². The Morgan fingerprint density at radius 1 is 1.53 bits per heavy atom. The summed E-state index contributed by atoms with van der Waals surface area (Å²) in [5, 5.41) is 6.82. The zero-order valence-corrected chi connectivity index (χ0v) is 10.6. The topological polar surface area (TPSA) is 41.1 Å². The molecule has 17 heavy (non-hydrogen) atoms. The number of amides is 1. The van der Waals surface area contributed by atoms with E-state index in [9.17, 15) is 4.79 Å². The van der Waals surface area contributed by atoms with Crippen molar-refractivity contribution in [1.82, 2.24) is 10.6 Å². The highest BCUT2D eigenvalue weighted by Crippen LogP contribution is 2.15. The molecule has 0 radical (unpaired) electrons. The average Bonchev–Trinajstić information content (AvgIpc) is 2.74. The molecule has 1 heterocycles. The largest absolute Gasteiger partial charge is 0.351 e. The molecule has 1 fully saturated rings. The first-order valence-electron chi connectivity index (χ1n) is 5.91. The van der Waals surface area contributed by atoms with Crippen molar-refractivity contribution in [2.45, 2.75) is 25.9 Å². The van der Waals surface area contributed by atoms with Crippen molar-refractivity contribution in [1.29, 1.82) is 0 Å². The average molecular weight is 253 g/mol. The third-order valence-electron chi connectivity index (χ3n) is 3.08. The van der Waals surface area contributed by atoms with E-state index in [-0.39, 0.29) is 11.9 Å². The number of carbonyl (C=O) groups excluding carboxylic acids is 1. The Balaban J connectivity index is 1.86. The van der Waals surface area contributed by atoms with Gasteiger partial charge in [0.05, 0.1) is 6.04 Å². The quantitative estimate of drug-likeness (QED) is 0.864. The molecule has 0 bridgehead atoms. The van der Waals surface area contributed by atoms with Crippen LogP contribution in [0.2, 0.25) is 5.02 Å². The second-order valence-electron chi connectivity index (χ2n) is 4.61. The fourth-order valence-electron chi connectivity index (χ4n) is 2.06. The van der Waals surface area contributed by atoms with Crippen LogP contribution < -0.4 is 10.6 Å². The number of nitrogens with one attached hydrogen (secondary N) is 2. The molecule has 0 aliphatic carbocycles. The first-order valence-corrected chi connectivity index (χ1v) is 6.29. The van der Waals surface area contributed by atoms with Gasteiger partial charge in [0.1, 0.15) is 0 Å². The van der Waals surface area contributed by atoms with E-state index in [1.54, 1.807) is 0 Å². The molecule has 2 rings (SSSR count). The molecule has 2 unspecified atom stereocenters. The summed E-state index contributed by atoms with van der Waals surface area (Å²) in [7, 11) is 0. The third-order valence-corrected chi connectivity index (χ3v) is 3.45. The molecule has 0 saturated carbocycles. The normalized spacial score (nSPS) is 23.6. The predicted molar refractivity (Wildman–Crippen MR) is 68.9 cm³/mol. The summed E-state index contributed by atoms with van der Waals surface area (Å²) in [4.78, 5) is 11.9. The fraction of sp³-hybridized carbons (Fsp3) is 0.462. The number of rotatable bonds is 3. The highest BCUT2D eigenvalue weighted by molar-refractivity contribution is 6.31. The zero-order valence-electron chi connectivity index (χ0n) is 9.87. The summed E-state index contributed by atoms with van der Waals surface area (Å²) in [6.45, 7) is 3.56. The number of hydrogen-bond donors (Lipinski definition) is 2. The Hall–Kier alpha value is -1.06. The van der Waals surface area contributed by atoms with E-state index in [2.05, 4.69) is 17.6 Å². The maximum Gasteiger partial charge on any atom is 0.237 e. The van der Waals surface area contributed by atoms with Crippen LogP contribution in [0.15, 0.2) is 24.3 Å². The number of halogens is 1. The molecule has 3 nitrogen and oxygen atoms in total. The highest BCUT2D eigenvalue weighted by Gasteiger charge is 2.26. The zero-order chi connectivity index (χ0) is 12.3. The van der Waals surface area contributed by atoms with Crippen LogP contribution in [-0.4, -0.2) is 18.5 Å². The number of hydrogen-bond acceptors (Lipinski definition) is 2. The second kappa shape index (κ2) is 5.52. The minimum Gasteiger partial charge on any atom is -0.351 e. The summed E-state index contributed by atoms with van der Waals surface area (Å²) in [5.74, 6) is 0.639. The summed E-state index contributed by atoms with van der Waals surface area (Å²) < 4.78 is 0. The van der Waals surface area contributed by atoms with Crippen molar-refractivity contribution in [2.75, 3.05) is 6.54 Å². The Kier molecular flexibility index (Phi) is 4.02. The number of carbonyl (C=O) groups is 1. The minimum atomic E-state index is -0.0486. The molecular formula is C13H17ClN2O. The summed E-state index contributed by atoms with van der Waals surface area (Å²) >= 11 is 6.02. The van der Waals surface area contributed by atoms with E-state index < -0.39 is 0 Å². The van der Waals surface area contributed by atoms with Crippen LogP contribution in [0.4, 0.5) is 0 Å². The van der Waals surface area contributed by atoms with Crippen molar-refractivity contribution in [3.63, 3.8) is 0 Å². The van der Waals surface area contributed by atoms with Gasteiger partial charge in [-0.25, -0.2) is 0 Å². The Bertz CT molecular complexity index is 408. The van der Waals surface area contributed by atoms with Crippen molar-refractivity contribution < 1.29 is 4.79 Å². The standard InChI is InChI=1S/C13H17ClN2O/c1-9-6-12(15-7-9)13(17)16-8-10-4-2-3-5-11(10)14/h2-5,9,12,15H,6-8H2,1H3,(H,16,17). The van der Waals surface area contributed by atoms with Gasteiger partial charge in [0.2, 0.25) is 5.91 Å². The summed E-state index contributed by atoms with van der Waals surface area (Å²) in [6.07, 6.45) is 0.911. The lowest BCUT2D eigenvalue weighted by atomic mass is 10.1. The molecule has 1 aromatic carbocycles. The predicted octanol–water partition coefficient (Wildman–Crippen LogP) is 1.95. The molecule has 2 N–H and O–H groups in total. The third kappa shape index (κ3) is 3.20. The van der Waals surface area contributed by atoms with E-state index in [4.69, 9.17) is 11.6 Å². The fourth-order valence-corrected chi connectivity index (χ4v) is 2.26. The van der Waals surface area contributed by atoms with E-state index >= 15 is 0 Å². The van der Waals surface area contributed by atoms with E-state index in [1.807, 2.05) is 24.3 Å². The molecule has 2 atom stereocenters. The molecule has 1 aromatic rings. The molecule has 92 valence electrons. The first-order chi connectivity index (χ1) is 8.16. The smallest absolute Gasteiger partial charge is 0.237 e. The van der Waals surface area contributed by atoms with Crippen molar-refractivity contribution >= 4 is 17.5 Å². The van der Waals surface area contributed by atoms with E-state index in [0.29, 0.717) is 17.5 Å². The SMILES string of the molecule is CC1CNC(C(=O)NCc2ccccc2Cl)C1. The lowest BCUT2D eigenvalue weighted by Crippen LogP contribution is -2.40. The van der Waals surface area contributed by atoms with Crippen LogP contribution in [0.1, 0.15) is 18.9 Å². The van der Waals surface area contributed by atoms with Gasteiger partial charge in [0, 0.05) is 11.6 Å². The first kappa shape index (κ1) is 12.4. The molecule has 4 heteroatoms. The maximum atomic E-state index is 11.9. The van der Waals surface area contributed by atoms with Gasteiger partial charge in [-0.2, -0.15) is 0 Å². The lowest BCUT2D eigenvalue weighted by molar-refractivity contribution is -0.123. The van der Waals surface area contributed by atoms with Gasteiger partial charge in [-0.1, -0.05) is 36.7 Å². The second-order valence-corrected chi connectivity index (χ2v) is 5.02. The van der Waals surface area contributed by atoms with Crippen molar-refractivity contribution in [3.8, 4) is 0 Å². The van der Waals surface area contributed by atoms with E-state index in [0.717, 1.165) is 18.5 Å². The van der Waals surface area contributed by atoms with Gasteiger partial charge < -0.3 is 10.6 Å². The van der Waals surface area contributed by atoms with Gasteiger partial charge in [-0.05, 0) is 30.5 Å². The van der Waals surface area contributed by atoms with Crippen LogP contribution >= 0.6 is 11.6 Å². The number of benzene rings is 1. The van der Waals surface area contributed by atoms with Gasteiger partial charge in [0.25, 0.3) is 0 Å². The van der Waals surface area contributed by atoms with Gasteiger partial charge >= 0.3 is 0 Å². The molecule has 1 aliphatic heterocycles. The van der Waals surface area contributed by atoms with Crippen LogP contribution in [0, 0.1) is 5.92 Å². The molecule has 1 saturated heterocycles. The Labute approximate surface area is 107 Å². The van der Waals surface area contributed by atoms with Crippen molar-refractivity contribution in [3.05, 3.63) is 34.9 Å². The van der Waals surface area contributed by atoms with Gasteiger partial charge in [-0.3, -0.25) is 4.79 Å². The Morgan fingerprint density at radius 2 is 2.29 bits per heavy atom. The molecule has 1 aliphatic rings. The van der Waals surface area contributed by atoms with Crippen LogP contribution in [0.3, 0.4) is 0 Å². The molecule has 1 amide bonds. The molecule has 0 spiro atoms. The van der Waals surface area contributed by atoms with Crippen LogP contribution in [-0.2, 0) is 11.3 Å². The summed E-state index contributed by atoms with van der Waals surface area (Å²) in [5.41, 5.74) is 0.952. The van der Waals surface area contributed by atoms with Gasteiger partial charge in [-0.15, -0.1) is 0 Å². The monoisotopic (exact) mass is 252 g/mol. The minimum absolute atomic E-state index is 0.0486. The van der Waals surface area contributed by atoms with Crippen LogP contribution in [0.5, 0.6) is 0 Å². The lowest BCUT2D eigenvalue weighted by Gasteiger charge is -2.11. The summed E-state index contributed by atoms with van der Waals surface area (Å²) in [6, 6.07) is 7.51. The van der Waals surface area contributed by atoms with E-state index in [1.165, 1.54) is 0 Å². The van der Waals surface area contributed by atoms with Crippen LogP contribution in [0.25, 0.3) is 0 Å². The highest BCUT2D eigenvalue weighted by atomic mass is 35.5. The Morgan fingerprint density at radius 3 is 2.94 bits per heavy atom. The molecule has 0 aromatic heterocycles.